The van der Waals surface area contributed by atoms with Gasteiger partial charge in [-0.05, 0) is 70.6 Å². The molecule has 0 spiro atoms. The fourth-order valence-corrected chi connectivity index (χ4v) is 8.34. The van der Waals surface area contributed by atoms with E-state index in [1.165, 1.54) is 96.3 Å². The molecule has 1 saturated heterocycles. The molecule has 12 nitrogen and oxygen atoms in total. The lowest BCUT2D eigenvalue weighted by Crippen LogP contribution is -2.61. The fraction of sp³-hybridized carbons (Fsp3) is 0.825. The van der Waals surface area contributed by atoms with E-state index in [1.807, 2.05) is 0 Å². The van der Waals surface area contributed by atoms with Crippen LogP contribution in [-0.4, -0.2) is 89.2 Å². The molecule has 0 aromatic heterocycles. The largest absolute Gasteiger partial charge is 0.479 e. The highest BCUT2D eigenvalue weighted by atomic mass is 16.7. The zero-order valence-electron chi connectivity index (χ0n) is 43.8. The highest BCUT2D eigenvalue weighted by Gasteiger charge is 2.50. The third kappa shape index (κ3) is 36.5. The van der Waals surface area contributed by atoms with Crippen molar-refractivity contribution in [3.8, 4) is 0 Å². The number of carboxylic acids is 1. The van der Waals surface area contributed by atoms with Crippen molar-refractivity contribution in [1.82, 2.24) is 0 Å². The molecule has 1 fully saturated rings. The second kappa shape index (κ2) is 46.0. The second-order valence-electron chi connectivity index (χ2n) is 19.2. The van der Waals surface area contributed by atoms with Crippen LogP contribution in [0.5, 0.6) is 0 Å². The molecule has 400 valence electrons. The van der Waals surface area contributed by atoms with Crippen LogP contribution in [0.4, 0.5) is 0 Å². The Hall–Kier alpha value is -3.06. The first kappa shape index (κ1) is 64.0. The minimum absolute atomic E-state index is 0.0463. The third-order valence-corrected chi connectivity index (χ3v) is 12.7. The summed E-state index contributed by atoms with van der Waals surface area (Å²) >= 11 is 0. The van der Waals surface area contributed by atoms with Gasteiger partial charge in [-0.25, -0.2) is 4.79 Å². The van der Waals surface area contributed by atoms with Crippen molar-refractivity contribution in [2.45, 2.75) is 289 Å². The monoisotopic (exact) mass is 977 g/mol. The van der Waals surface area contributed by atoms with Crippen LogP contribution in [-0.2, 0) is 42.9 Å². The molecule has 0 aromatic rings. The SMILES string of the molecule is CCC/C=C\C/C=C\CCCCCCCC(=O)OC1C(OCC(COC(=O)CCCCCCCCC/C=C\CCCCCCCC)OC(=O)CCCCCCCCCCC)OC(C(=O)O)C(O)C1O. The minimum Gasteiger partial charge on any atom is -0.479 e. The molecule has 1 heterocycles. The zero-order valence-corrected chi connectivity index (χ0v) is 43.8. The maximum Gasteiger partial charge on any atom is 0.335 e. The van der Waals surface area contributed by atoms with Crippen LogP contribution < -0.4 is 0 Å². The lowest BCUT2D eigenvalue weighted by atomic mass is 9.98. The van der Waals surface area contributed by atoms with E-state index < -0.39 is 67.3 Å². The third-order valence-electron chi connectivity index (χ3n) is 12.7. The maximum atomic E-state index is 13.0. The molecule has 0 saturated carbocycles. The number of ether oxygens (including phenoxy) is 5. The van der Waals surface area contributed by atoms with Gasteiger partial charge in [-0.15, -0.1) is 0 Å². The summed E-state index contributed by atoms with van der Waals surface area (Å²) in [4.78, 5) is 50.9. The minimum atomic E-state index is -1.90. The van der Waals surface area contributed by atoms with E-state index in [0.717, 1.165) is 96.3 Å². The Morgan fingerprint density at radius 1 is 0.478 bits per heavy atom. The van der Waals surface area contributed by atoms with Crippen LogP contribution >= 0.6 is 0 Å². The summed E-state index contributed by atoms with van der Waals surface area (Å²) in [6.07, 6.45) is 39.9. The first-order valence-electron chi connectivity index (χ1n) is 28.0. The highest BCUT2D eigenvalue weighted by molar-refractivity contribution is 5.74. The van der Waals surface area contributed by atoms with Gasteiger partial charge in [0.1, 0.15) is 18.8 Å². The van der Waals surface area contributed by atoms with Gasteiger partial charge in [-0.2, -0.15) is 0 Å². The van der Waals surface area contributed by atoms with Gasteiger partial charge in [-0.1, -0.05) is 198 Å². The van der Waals surface area contributed by atoms with Gasteiger partial charge in [0, 0.05) is 19.3 Å². The summed E-state index contributed by atoms with van der Waals surface area (Å²) < 4.78 is 28.3. The van der Waals surface area contributed by atoms with Crippen molar-refractivity contribution in [1.29, 1.82) is 0 Å². The normalized spacial score (nSPS) is 18.9. The van der Waals surface area contributed by atoms with Gasteiger partial charge in [0.05, 0.1) is 6.61 Å². The number of esters is 3. The number of aliphatic hydroxyl groups is 2. The van der Waals surface area contributed by atoms with E-state index in [2.05, 4.69) is 57.2 Å². The Morgan fingerprint density at radius 2 is 0.899 bits per heavy atom. The Kier molecular flexibility index (Phi) is 42.7. The Balaban J connectivity index is 2.67. The zero-order chi connectivity index (χ0) is 50.4. The molecule has 6 atom stereocenters. The van der Waals surface area contributed by atoms with Gasteiger partial charge in [0.15, 0.2) is 24.6 Å². The number of allylic oxidation sites excluding steroid dienone is 6. The van der Waals surface area contributed by atoms with Crippen LogP contribution in [0.25, 0.3) is 0 Å². The second-order valence-corrected chi connectivity index (χ2v) is 19.2. The van der Waals surface area contributed by atoms with E-state index in [-0.39, 0.29) is 25.9 Å². The van der Waals surface area contributed by atoms with Crippen molar-refractivity contribution in [2.24, 2.45) is 0 Å². The molecule has 1 aliphatic heterocycles. The number of rotatable bonds is 47. The van der Waals surface area contributed by atoms with Crippen LogP contribution in [0.15, 0.2) is 36.5 Å². The summed E-state index contributed by atoms with van der Waals surface area (Å²) in [5.41, 5.74) is 0. The molecule has 0 bridgehead atoms. The number of aliphatic carboxylic acids is 1. The van der Waals surface area contributed by atoms with Crippen molar-refractivity contribution >= 4 is 23.9 Å². The molecule has 1 rings (SSSR count). The predicted octanol–water partition coefficient (Wildman–Crippen LogP) is 13.7. The fourth-order valence-electron chi connectivity index (χ4n) is 8.34. The molecule has 0 amide bonds. The molecule has 0 aliphatic carbocycles. The number of carbonyl (C=O) groups excluding carboxylic acids is 3. The molecular weight excluding hydrogens is 877 g/mol. The maximum absolute atomic E-state index is 13.0. The molecule has 12 heteroatoms. The summed E-state index contributed by atoms with van der Waals surface area (Å²) in [6.45, 7) is 5.88. The average Bonchev–Trinajstić information content (AvgIpc) is 3.33. The molecular formula is C57H100O12. The van der Waals surface area contributed by atoms with Crippen LogP contribution in [0.3, 0.4) is 0 Å². The summed E-state index contributed by atoms with van der Waals surface area (Å²) in [5.74, 6) is -3.13. The number of hydrogen-bond donors (Lipinski definition) is 3. The lowest BCUT2D eigenvalue weighted by Gasteiger charge is -2.40. The highest BCUT2D eigenvalue weighted by Crippen LogP contribution is 2.26. The summed E-state index contributed by atoms with van der Waals surface area (Å²) in [7, 11) is 0. The Labute approximate surface area is 419 Å². The molecule has 3 N–H and O–H groups in total. The van der Waals surface area contributed by atoms with Crippen molar-refractivity contribution in [3.63, 3.8) is 0 Å². The lowest BCUT2D eigenvalue weighted by molar-refractivity contribution is -0.301. The first-order chi connectivity index (χ1) is 33.6. The van der Waals surface area contributed by atoms with Crippen LogP contribution in [0, 0.1) is 0 Å². The number of carbonyl (C=O) groups is 4. The van der Waals surface area contributed by atoms with Crippen molar-refractivity contribution in [2.75, 3.05) is 13.2 Å². The first-order valence-corrected chi connectivity index (χ1v) is 28.0. The Bertz CT molecular complexity index is 1350. The summed E-state index contributed by atoms with van der Waals surface area (Å²) in [6, 6.07) is 0. The van der Waals surface area contributed by atoms with Gasteiger partial charge in [0.25, 0.3) is 0 Å². The molecule has 1 aliphatic rings. The van der Waals surface area contributed by atoms with Crippen molar-refractivity contribution in [3.05, 3.63) is 36.5 Å². The van der Waals surface area contributed by atoms with E-state index in [9.17, 15) is 34.5 Å². The topological polar surface area (TPSA) is 175 Å². The number of hydrogen-bond acceptors (Lipinski definition) is 11. The van der Waals surface area contributed by atoms with Gasteiger partial charge < -0.3 is 39.0 Å². The average molecular weight is 977 g/mol. The van der Waals surface area contributed by atoms with Crippen molar-refractivity contribution < 1.29 is 58.2 Å². The summed E-state index contributed by atoms with van der Waals surface area (Å²) in [5, 5.41) is 31.3. The number of aliphatic hydroxyl groups excluding tert-OH is 2. The predicted molar refractivity (Wildman–Crippen MR) is 276 cm³/mol. The standard InChI is InChI=1S/C57H100O12/c1-4-7-10-13-16-19-21-23-24-25-26-28-29-32-34-37-40-43-49(58)65-46-48(67-50(59)44-41-38-35-31-18-15-12-9-6-3)47-66-57-55(53(62)52(61)54(69-57)56(63)64)68-51(60)45-42-39-36-33-30-27-22-20-17-14-11-8-5-2/h11,14,20,22-24,48,52-55,57,61-62H,4-10,12-13,15-19,21,25-47H2,1-3H3,(H,63,64)/b14-11-,22-20-,24-23-. The van der Waals surface area contributed by atoms with Gasteiger partial charge in [-0.3, -0.25) is 14.4 Å². The molecule has 0 radical (unpaired) electrons. The Morgan fingerprint density at radius 3 is 1.38 bits per heavy atom. The van der Waals surface area contributed by atoms with E-state index >= 15 is 0 Å². The van der Waals surface area contributed by atoms with Gasteiger partial charge in [0.2, 0.25) is 0 Å². The van der Waals surface area contributed by atoms with Crippen LogP contribution in [0.1, 0.15) is 252 Å². The van der Waals surface area contributed by atoms with Crippen LogP contribution in [0.2, 0.25) is 0 Å². The molecule has 69 heavy (non-hydrogen) atoms. The molecule has 0 aromatic carbocycles. The smallest absolute Gasteiger partial charge is 0.335 e. The van der Waals surface area contributed by atoms with Gasteiger partial charge >= 0.3 is 23.9 Å². The number of carboxylic acid groups (broad SMARTS) is 1. The quantitative estimate of drug-likeness (QED) is 0.0228. The van der Waals surface area contributed by atoms with E-state index in [4.69, 9.17) is 23.7 Å². The van der Waals surface area contributed by atoms with E-state index in [0.29, 0.717) is 19.3 Å². The van der Waals surface area contributed by atoms with E-state index in [1.54, 1.807) is 0 Å². The molecule has 6 unspecified atom stereocenters. The number of unbranched alkanes of at least 4 members (excludes halogenated alkanes) is 27.